The quantitative estimate of drug-likeness (QED) is 0.717. The summed E-state index contributed by atoms with van der Waals surface area (Å²) in [6.45, 7) is 0.453. The average Bonchev–Trinajstić information content (AvgIpc) is 3.02. The van der Waals surface area contributed by atoms with E-state index in [9.17, 15) is 4.79 Å². The number of nitrogens with zero attached hydrogens (tertiary/aromatic N) is 2. The summed E-state index contributed by atoms with van der Waals surface area (Å²) < 4.78 is 0. The first kappa shape index (κ1) is 16.9. The maximum atomic E-state index is 12.1. The summed E-state index contributed by atoms with van der Waals surface area (Å²) in [4.78, 5) is 21.3. The van der Waals surface area contributed by atoms with E-state index in [2.05, 4.69) is 15.3 Å². The molecule has 4 nitrogen and oxygen atoms in total. The van der Waals surface area contributed by atoms with Gasteiger partial charge in [0, 0.05) is 35.6 Å². The van der Waals surface area contributed by atoms with Crippen molar-refractivity contribution in [3.8, 4) is 10.6 Å². The van der Waals surface area contributed by atoms with Crippen LogP contribution < -0.4 is 5.32 Å². The fourth-order valence-corrected chi connectivity index (χ4v) is 3.80. The molecule has 1 N–H and O–H groups in total. The molecule has 2 heterocycles. The van der Waals surface area contributed by atoms with Crippen LogP contribution >= 0.6 is 34.5 Å². The molecule has 1 amide bonds. The van der Waals surface area contributed by atoms with E-state index in [1.54, 1.807) is 36.8 Å². The van der Waals surface area contributed by atoms with E-state index >= 15 is 0 Å². The molecular formula is C17H13Cl2N3OS. The molecule has 7 heteroatoms. The van der Waals surface area contributed by atoms with Crippen LogP contribution in [0.2, 0.25) is 10.0 Å². The first-order valence-corrected chi connectivity index (χ1v) is 8.75. The van der Waals surface area contributed by atoms with Gasteiger partial charge in [0.2, 0.25) is 5.91 Å². The Morgan fingerprint density at radius 1 is 1.12 bits per heavy atom. The summed E-state index contributed by atoms with van der Waals surface area (Å²) in [7, 11) is 0. The second-order valence-corrected chi connectivity index (χ2v) is 6.97. The molecule has 0 aliphatic heterocycles. The Labute approximate surface area is 153 Å². The third-order valence-electron chi connectivity index (χ3n) is 3.28. The van der Waals surface area contributed by atoms with Crippen molar-refractivity contribution in [3.63, 3.8) is 0 Å². The monoisotopic (exact) mass is 377 g/mol. The highest BCUT2D eigenvalue weighted by Gasteiger charge is 2.14. The van der Waals surface area contributed by atoms with Gasteiger partial charge in [-0.2, -0.15) is 0 Å². The van der Waals surface area contributed by atoms with Crippen molar-refractivity contribution >= 4 is 40.4 Å². The molecule has 0 fully saturated rings. The van der Waals surface area contributed by atoms with E-state index in [-0.39, 0.29) is 12.3 Å². The summed E-state index contributed by atoms with van der Waals surface area (Å²) >= 11 is 13.8. The lowest BCUT2D eigenvalue weighted by atomic mass is 10.2. The summed E-state index contributed by atoms with van der Waals surface area (Å²) in [6, 6.07) is 9.07. The second-order valence-electron chi connectivity index (χ2n) is 5.04. The number of rotatable bonds is 5. The predicted molar refractivity (Wildman–Crippen MR) is 97.4 cm³/mol. The standard InChI is InChI=1S/C17H13Cl2N3OS/c18-13-4-1-5-14(19)16(13)17-22-10-12(24-17)7-15(23)21-9-11-3-2-6-20-8-11/h1-6,8,10H,7,9H2,(H,21,23). The number of amides is 1. The van der Waals surface area contributed by atoms with Crippen molar-refractivity contribution in [1.82, 2.24) is 15.3 Å². The van der Waals surface area contributed by atoms with Gasteiger partial charge in [0.1, 0.15) is 5.01 Å². The highest BCUT2D eigenvalue weighted by Crippen LogP contribution is 2.36. The fourth-order valence-electron chi connectivity index (χ4n) is 2.13. The zero-order valence-corrected chi connectivity index (χ0v) is 14.8. The number of carbonyl (C=O) groups excluding carboxylic acids is 1. The predicted octanol–water partition coefficient (Wildman–Crippen LogP) is 4.37. The second kappa shape index (κ2) is 7.75. The van der Waals surface area contributed by atoms with Crippen LogP contribution in [0.15, 0.2) is 48.9 Å². The summed E-state index contributed by atoms with van der Waals surface area (Å²) in [6.07, 6.45) is 5.37. The molecule has 3 rings (SSSR count). The molecule has 0 radical (unpaired) electrons. The van der Waals surface area contributed by atoms with Crippen molar-refractivity contribution in [1.29, 1.82) is 0 Å². The molecule has 24 heavy (non-hydrogen) atoms. The van der Waals surface area contributed by atoms with Crippen LogP contribution in [0, 0.1) is 0 Å². The smallest absolute Gasteiger partial charge is 0.225 e. The minimum atomic E-state index is -0.0701. The molecule has 2 aromatic heterocycles. The molecule has 3 aromatic rings. The minimum Gasteiger partial charge on any atom is -0.352 e. The van der Waals surface area contributed by atoms with Gasteiger partial charge in [-0.3, -0.25) is 9.78 Å². The van der Waals surface area contributed by atoms with Gasteiger partial charge in [0.05, 0.1) is 16.5 Å². The molecule has 0 atom stereocenters. The van der Waals surface area contributed by atoms with Gasteiger partial charge in [-0.05, 0) is 23.8 Å². The molecule has 0 unspecified atom stereocenters. The zero-order valence-electron chi connectivity index (χ0n) is 12.5. The lowest BCUT2D eigenvalue weighted by Gasteiger charge is -2.04. The van der Waals surface area contributed by atoms with Crippen LogP contribution in [0.4, 0.5) is 0 Å². The summed E-state index contributed by atoms with van der Waals surface area (Å²) in [5, 5.41) is 4.67. The fraction of sp³-hybridized carbons (Fsp3) is 0.118. The summed E-state index contributed by atoms with van der Waals surface area (Å²) in [5.74, 6) is -0.0701. The van der Waals surface area contributed by atoms with Crippen molar-refractivity contribution in [3.05, 3.63) is 69.4 Å². The molecule has 0 saturated heterocycles. The van der Waals surface area contributed by atoms with Gasteiger partial charge in [0.25, 0.3) is 0 Å². The van der Waals surface area contributed by atoms with Crippen LogP contribution in [-0.4, -0.2) is 15.9 Å². The van der Waals surface area contributed by atoms with Crippen LogP contribution in [0.25, 0.3) is 10.6 Å². The third-order valence-corrected chi connectivity index (χ3v) is 4.92. The summed E-state index contributed by atoms with van der Waals surface area (Å²) in [5.41, 5.74) is 1.66. The highest BCUT2D eigenvalue weighted by molar-refractivity contribution is 7.15. The number of halogens is 2. The number of benzene rings is 1. The number of aromatic nitrogens is 2. The van der Waals surface area contributed by atoms with Crippen molar-refractivity contribution in [2.24, 2.45) is 0 Å². The molecule has 0 aliphatic carbocycles. The lowest BCUT2D eigenvalue weighted by molar-refractivity contribution is -0.120. The average molecular weight is 378 g/mol. The van der Waals surface area contributed by atoms with E-state index < -0.39 is 0 Å². The van der Waals surface area contributed by atoms with Crippen molar-refractivity contribution in [2.45, 2.75) is 13.0 Å². The lowest BCUT2D eigenvalue weighted by Crippen LogP contribution is -2.24. The Kier molecular flexibility index (Phi) is 5.45. The van der Waals surface area contributed by atoms with Crippen LogP contribution in [0.3, 0.4) is 0 Å². The minimum absolute atomic E-state index is 0.0701. The first-order chi connectivity index (χ1) is 11.6. The SMILES string of the molecule is O=C(Cc1cnc(-c2c(Cl)cccc2Cl)s1)NCc1cccnc1. The molecule has 122 valence electrons. The normalized spacial score (nSPS) is 10.6. The maximum absolute atomic E-state index is 12.1. The third kappa shape index (κ3) is 4.12. The van der Waals surface area contributed by atoms with E-state index in [4.69, 9.17) is 23.2 Å². The van der Waals surface area contributed by atoms with Crippen LogP contribution in [0.1, 0.15) is 10.4 Å². The number of hydrogen-bond donors (Lipinski definition) is 1. The van der Waals surface area contributed by atoms with Crippen molar-refractivity contribution < 1.29 is 4.79 Å². The number of hydrogen-bond acceptors (Lipinski definition) is 4. The Morgan fingerprint density at radius 2 is 1.92 bits per heavy atom. The molecule has 0 aliphatic rings. The van der Waals surface area contributed by atoms with E-state index in [1.165, 1.54) is 11.3 Å². The Balaban J connectivity index is 1.65. The number of carbonyl (C=O) groups is 1. The van der Waals surface area contributed by atoms with Crippen molar-refractivity contribution in [2.75, 3.05) is 0 Å². The highest BCUT2D eigenvalue weighted by atomic mass is 35.5. The van der Waals surface area contributed by atoms with E-state index in [1.807, 2.05) is 12.1 Å². The Morgan fingerprint density at radius 3 is 2.62 bits per heavy atom. The molecular weight excluding hydrogens is 365 g/mol. The van der Waals surface area contributed by atoms with Gasteiger partial charge in [-0.25, -0.2) is 4.98 Å². The van der Waals surface area contributed by atoms with E-state index in [0.717, 1.165) is 10.4 Å². The number of nitrogens with one attached hydrogen (secondary N) is 1. The number of thiazole rings is 1. The molecule has 1 aromatic carbocycles. The Bertz CT molecular complexity index is 832. The topological polar surface area (TPSA) is 54.9 Å². The number of pyridine rings is 1. The van der Waals surface area contributed by atoms with E-state index in [0.29, 0.717) is 27.2 Å². The van der Waals surface area contributed by atoms with Gasteiger partial charge in [0.15, 0.2) is 0 Å². The van der Waals surface area contributed by atoms with Crippen LogP contribution in [0.5, 0.6) is 0 Å². The molecule has 0 saturated carbocycles. The van der Waals surface area contributed by atoms with Gasteiger partial charge in [-0.1, -0.05) is 35.3 Å². The molecule has 0 spiro atoms. The largest absolute Gasteiger partial charge is 0.352 e. The molecule has 0 bridgehead atoms. The van der Waals surface area contributed by atoms with Crippen LogP contribution in [-0.2, 0) is 17.8 Å². The maximum Gasteiger partial charge on any atom is 0.225 e. The zero-order chi connectivity index (χ0) is 16.9. The van der Waals surface area contributed by atoms with Gasteiger partial charge < -0.3 is 5.32 Å². The van der Waals surface area contributed by atoms with Gasteiger partial charge >= 0.3 is 0 Å². The Hall–Kier alpha value is -1.95. The van der Waals surface area contributed by atoms with Gasteiger partial charge in [-0.15, -0.1) is 11.3 Å². The first-order valence-electron chi connectivity index (χ1n) is 7.18.